The number of carbonyl (C=O) groups excluding carboxylic acids is 1. The van der Waals surface area contributed by atoms with Crippen molar-refractivity contribution in [3.8, 4) is 0 Å². The summed E-state index contributed by atoms with van der Waals surface area (Å²) in [5, 5.41) is 6.81. The molecule has 0 saturated heterocycles. The van der Waals surface area contributed by atoms with Gasteiger partial charge in [-0.25, -0.2) is 13.1 Å². The molecule has 0 saturated carbocycles. The van der Waals surface area contributed by atoms with Crippen molar-refractivity contribution in [2.45, 2.75) is 31.7 Å². The Labute approximate surface area is 142 Å². The van der Waals surface area contributed by atoms with Crippen molar-refractivity contribution < 1.29 is 13.2 Å². The molecule has 0 bridgehead atoms. The molecule has 1 aromatic carbocycles. The van der Waals surface area contributed by atoms with Crippen molar-refractivity contribution in [2.24, 2.45) is 0 Å². The molecule has 0 fully saturated rings. The Morgan fingerprint density at radius 1 is 1.25 bits per heavy atom. The first-order chi connectivity index (χ1) is 11.2. The van der Waals surface area contributed by atoms with Gasteiger partial charge in [-0.2, -0.15) is 9.40 Å². The molecule has 7 nitrogen and oxygen atoms in total. The van der Waals surface area contributed by atoms with Crippen molar-refractivity contribution in [3.63, 3.8) is 0 Å². The lowest BCUT2D eigenvalue weighted by Crippen LogP contribution is -2.35. The Morgan fingerprint density at radius 2 is 1.88 bits per heavy atom. The Kier molecular flexibility index (Phi) is 5.40. The number of sulfonamides is 1. The molecular weight excluding hydrogens is 328 g/mol. The van der Waals surface area contributed by atoms with E-state index in [0.29, 0.717) is 5.82 Å². The smallest absolute Gasteiger partial charge is 0.243 e. The van der Waals surface area contributed by atoms with Crippen molar-refractivity contribution in [1.82, 2.24) is 14.1 Å². The lowest BCUT2D eigenvalue weighted by atomic mass is 10.2. The van der Waals surface area contributed by atoms with Gasteiger partial charge in [-0.05, 0) is 32.9 Å². The van der Waals surface area contributed by atoms with E-state index < -0.39 is 15.9 Å². The summed E-state index contributed by atoms with van der Waals surface area (Å²) < 4.78 is 27.7. The zero-order valence-corrected chi connectivity index (χ0v) is 15.0. The third-order valence-corrected chi connectivity index (χ3v) is 5.34. The second-order valence-electron chi connectivity index (χ2n) is 5.88. The van der Waals surface area contributed by atoms with E-state index in [-0.39, 0.29) is 17.5 Å². The molecule has 0 unspecified atom stereocenters. The maximum absolute atomic E-state index is 12.5. The van der Waals surface area contributed by atoms with E-state index in [1.165, 1.54) is 19.2 Å². The summed E-state index contributed by atoms with van der Waals surface area (Å²) in [6.45, 7) is 5.48. The van der Waals surface area contributed by atoms with Crippen LogP contribution < -0.4 is 5.32 Å². The van der Waals surface area contributed by atoms with Crippen LogP contribution >= 0.6 is 0 Å². The summed E-state index contributed by atoms with van der Waals surface area (Å²) in [4.78, 5) is 12.3. The topological polar surface area (TPSA) is 84.3 Å². The first-order valence-corrected chi connectivity index (χ1v) is 9.02. The fourth-order valence-electron chi connectivity index (χ4n) is 2.18. The lowest BCUT2D eigenvalue weighted by molar-refractivity contribution is -0.116. The van der Waals surface area contributed by atoms with Gasteiger partial charge in [0.05, 0.1) is 17.6 Å². The molecule has 2 rings (SSSR count). The van der Waals surface area contributed by atoms with Crippen LogP contribution in [0.3, 0.4) is 0 Å². The number of benzene rings is 1. The Hall–Kier alpha value is -2.19. The lowest BCUT2D eigenvalue weighted by Gasteiger charge is -2.18. The van der Waals surface area contributed by atoms with Gasteiger partial charge in [0, 0.05) is 19.2 Å². The molecule has 0 radical (unpaired) electrons. The quantitative estimate of drug-likeness (QED) is 0.864. The number of aryl methyl sites for hydroxylation is 1. The molecule has 0 aliphatic rings. The summed E-state index contributed by atoms with van der Waals surface area (Å²) in [5.41, 5.74) is 0.969. The number of rotatable bonds is 6. The monoisotopic (exact) mass is 350 g/mol. The van der Waals surface area contributed by atoms with Crippen molar-refractivity contribution >= 4 is 21.7 Å². The molecule has 130 valence electrons. The molecule has 2 aromatic rings. The highest BCUT2D eigenvalue weighted by molar-refractivity contribution is 7.89. The van der Waals surface area contributed by atoms with Gasteiger partial charge in [0.15, 0.2) is 0 Å². The molecular formula is C16H22N4O3S. The van der Waals surface area contributed by atoms with Crippen molar-refractivity contribution in [2.75, 3.05) is 18.9 Å². The number of amides is 1. The average molecular weight is 350 g/mol. The van der Waals surface area contributed by atoms with E-state index in [9.17, 15) is 13.2 Å². The number of hydrogen-bond acceptors (Lipinski definition) is 4. The van der Waals surface area contributed by atoms with E-state index in [1.54, 1.807) is 29.1 Å². The minimum absolute atomic E-state index is 0.0873. The largest absolute Gasteiger partial charge is 0.310 e. The predicted octanol–water partition coefficient (Wildman–Crippen LogP) is 2.03. The van der Waals surface area contributed by atoms with Gasteiger partial charge < -0.3 is 5.32 Å². The van der Waals surface area contributed by atoms with Crippen LogP contribution in [0, 0.1) is 6.92 Å². The van der Waals surface area contributed by atoms with Gasteiger partial charge in [0.25, 0.3) is 0 Å². The maximum Gasteiger partial charge on any atom is 0.243 e. The van der Waals surface area contributed by atoms with E-state index in [4.69, 9.17) is 0 Å². The molecule has 0 atom stereocenters. The number of nitrogens with one attached hydrogen (secondary N) is 1. The van der Waals surface area contributed by atoms with Gasteiger partial charge in [-0.1, -0.05) is 17.7 Å². The number of aromatic nitrogens is 2. The summed E-state index contributed by atoms with van der Waals surface area (Å²) in [6, 6.07) is 8.28. The fourth-order valence-corrected chi connectivity index (χ4v) is 3.31. The van der Waals surface area contributed by atoms with Crippen LogP contribution in [0.15, 0.2) is 41.4 Å². The number of hydrogen-bond donors (Lipinski definition) is 1. The van der Waals surface area contributed by atoms with Gasteiger partial charge in [-0.15, -0.1) is 0 Å². The highest BCUT2D eigenvalue weighted by atomic mass is 32.2. The van der Waals surface area contributed by atoms with E-state index >= 15 is 0 Å². The zero-order chi connectivity index (χ0) is 17.9. The van der Waals surface area contributed by atoms with Crippen LogP contribution in [0.25, 0.3) is 0 Å². The van der Waals surface area contributed by atoms with Gasteiger partial charge in [0.1, 0.15) is 5.82 Å². The van der Waals surface area contributed by atoms with Crippen LogP contribution in [0.1, 0.15) is 25.5 Å². The first-order valence-electron chi connectivity index (χ1n) is 7.58. The Morgan fingerprint density at radius 3 is 2.46 bits per heavy atom. The first kappa shape index (κ1) is 18.2. The van der Waals surface area contributed by atoms with Crippen LogP contribution in [0.2, 0.25) is 0 Å². The summed E-state index contributed by atoms with van der Waals surface area (Å²) in [5.74, 6) is 0.117. The van der Waals surface area contributed by atoms with Crippen molar-refractivity contribution in [3.05, 3.63) is 42.1 Å². The highest BCUT2D eigenvalue weighted by Crippen LogP contribution is 2.16. The fraction of sp³-hybridized carbons (Fsp3) is 0.375. The minimum atomic E-state index is -3.71. The molecule has 0 spiro atoms. The predicted molar refractivity (Wildman–Crippen MR) is 92.2 cm³/mol. The molecule has 1 aromatic heterocycles. The summed E-state index contributed by atoms with van der Waals surface area (Å²) in [7, 11) is -2.32. The SMILES string of the molecule is Cc1ccc(S(=O)(=O)N(C)CC(=O)Nc2ccnn2C(C)C)cc1. The second-order valence-corrected chi connectivity index (χ2v) is 7.92. The highest BCUT2D eigenvalue weighted by Gasteiger charge is 2.23. The van der Waals surface area contributed by atoms with Gasteiger partial charge in [0.2, 0.25) is 15.9 Å². The summed E-state index contributed by atoms with van der Waals surface area (Å²) in [6.07, 6.45) is 1.59. The molecule has 24 heavy (non-hydrogen) atoms. The third-order valence-electron chi connectivity index (χ3n) is 3.52. The van der Waals surface area contributed by atoms with Crippen molar-refractivity contribution in [1.29, 1.82) is 0 Å². The average Bonchev–Trinajstić information content (AvgIpc) is 2.95. The second kappa shape index (κ2) is 7.14. The van der Waals surface area contributed by atoms with E-state index in [1.807, 2.05) is 20.8 Å². The van der Waals surface area contributed by atoms with Gasteiger partial charge in [-0.3, -0.25) is 4.79 Å². The molecule has 1 N–H and O–H groups in total. The zero-order valence-electron chi connectivity index (χ0n) is 14.2. The van der Waals surface area contributed by atoms with Crippen LogP contribution in [0.4, 0.5) is 5.82 Å². The number of nitrogens with zero attached hydrogens (tertiary/aromatic N) is 3. The minimum Gasteiger partial charge on any atom is -0.310 e. The normalized spacial score (nSPS) is 11.9. The van der Waals surface area contributed by atoms with E-state index in [0.717, 1.165) is 9.87 Å². The van der Waals surface area contributed by atoms with Crippen LogP contribution in [0.5, 0.6) is 0 Å². The molecule has 8 heteroatoms. The Bertz CT molecular complexity index is 810. The summed E-state index contributed by atoms with van der Waals surface area (Å²) >= 11 is 0. The number of anilines is 1. The third kappa shape index (κ3) is 4.01. The Balaban J connectivity index is 2.08. The van der Waals surface area contributed by atoms with E-state index in [2.05, 4.69) is 10.4 Å². The standard InChI is InChI=1S/C16H22N4O3S/c1-12(2)20-15(9-10-17-20)18-16(21)11-19(4)24(22,23)14-7-5-13(3)6-8-14/h5-10,12H,11H2,1-4H3,(H,18,21). The molecule has 1 amide bonds. The molecule has 0 aliphatic carbocycles. The van der Waals surface area contributed by atoms with Crippen LogP contribution in [-0.4, -0.2) is 42.0 Å². The number of carbonyl (C=O) groups is 1. The van der Waals surface area contributed by atoms with Crippen LogP contribution in [-0.2, 0) is 14.8 Å². The van der Waals surface area contributed by atoms with Gasteiger partial charge >= 0.3 is 0 Å². The molecule has 1 heterocycles. The number of likely N-dealkylation sites (N-methyl/N-ethyl adjacent to an activating group) is 1. The maximum atomic E-state index is 12.5. The molecule has 0 aliphatic heterocycles.